The molecule has 3 aromatic rings. The lowest BCUT2D eigenvalue weighted by Crippen LogP contribution is -2.09. The molecule has 1 amide bonds. The maximum Gasteiger partial charge on any atom is 0.410 e. The standard InChI is InChI=1S/C12H7ClFN5O2/c13-5-2-1-3-6(14)7(5)9-17-8-10(18-9)15-4-16-11(8)19-12(20)21/h1-4H,(H,20,21)(H2,15,16,17,18,19). The van der Waals surface area contributed by atoms with E-state index in [-0.39, 0.29) is 33.4 Å². The van der Waals surface area contributed by atoms with Crippen LogP contribution < -0.4 is 5.32 Å². The normalized spacial score (nSPS) is 10.8. The van der Waals surface area contributed by atoms with Gasteiger partial charge in [0, 0.05) is 0 Å². The minimum absolute atomic E-state index is 0.0266. The number of carboxylic acid groups (broad SMARTS) is 1. The molecule has 2 heterocycles. The molecule has 1 aromatic carbocycles. The van der Waals surface area contributed by atoms with Gasteiger partial charge in [0.25, 0.3) is 0 Å². The number of fused-ring (bicyclic) bond motifs is 1. The Morgan fingerprint density at radius 3 is 2.90 bits per heavy atom. The number of nitrogens with zero attached hydrogens (tertiary/aromatic N) is 3. The van der Waals surface area contributed by atoms with E-state index >= 15 is 0 Å². The van der Waals surface area contributed by atoms with Gasteiger partial charge >= 0.3 is 6.09 Å². The summed E-state index contributed by atoms with van der Waals surface area (Å²) in [5, 5.41) is 11.0. The maximum absolute atomic E-state index is 13.9. The molecule has 3 rings (SSSR count). The minimum Gasteiger partial charge on any atom is -0.465 e. The van der Waals surface area contributed by atoms with Crippen molar-refractivity contribution in [1.82, 2.24) is 19.9 Å². The SMILES string of the molecule is O=C(O)Nc1ncnc2nc(-c3c(F)cccc3Cl)[nH]c12. The lowest BCUT2D eigenvalue weighted by Gasteiger charge is -2.01. The molecule has 2 aromatic heterocycles. The van der Waals surface area contributed by atoms with Crippen LogP contribution in [-0.2, 0) is 0 Å². The molecule has 0 spiro atoms. The maximum atomic E-state index is 13.9. The Hall–Kier alpha value is -2.74. The van der Waals surface area contributed by atoms with E-state index in [9.17, 15) is 9.18 Å². The average Bonchev–Trinajstić information content (AvgIpc) is 2.82. The van der Waals surface area contributed by atoms with E-state index in [4.69, 9.17) is 16.7 Å². The molecule has 0 atom stereocenters. The van der Waals surface area contributed by atoms with Crippen LogP contribution in [0.25, 0.3) is 22.6 Å². The summed E-state index contributed by atoms with van der Waals surface area (Å²) in [6, 6.07) is 4.24. The molecule has 3 N–H and O–H groups in total. The summed E-state index contributed by atoms with van der Waals surface area (Å²) in [6.07, 6.45) is -0.128. The van der Waals surface area contributed by atoms with Crippen molar-refractivity contribution in [2.45, 2.75) is 0 Å². The fourth-order valence-electron chi connectivity index (χ4n) is 1.87. The van der Waals surface area contributed by atoms with E-state index in [1.54, 1.807) is 0 Å². The first-order valence-electron chi connectivity index (χ1n) is 5.71. The molecule has 0 aliphatic rings. The molecule has 0 fully saturated rings. The van der Waals surface area contributed by atoms with Crippen molar-refractivity contribution in [3.05, 3.63) is 35.4 Å². The Bertz CT molecular complexity index is 831. The van der Waals surface area contributed by atoms with Crippen LogP contribution >= 0.6 is 11.6 Å². The fraction of sp³-hybridized carbons (Fsp3) is 0. The molecule has 106 valence electrons. The summed E-state index contributed by atoms with van der Waals surface area (Å²) in [5.74, 6) is -0.386. The van der Waals surface area contributed by atoms with Crippen LogP contribution in [0.2, 0.25) is 5.02 Å². The largest absolute Gasteiger partial charge is 0.465 e. The topological polar surface area (TPSA) is 104 Å². The molecule has 0 radical (unpaired) electrons. The lowest BCUT2D eigenvalue weighted by molar-refractivity contribution is 0.209. The van der Waals surface area contributed by atoms with Crippen LogP contribution in [0.5, 0.6) is 0 Å². The summed E-state index contributed by atoms with van der Waals surface area (Å²) in [7, 11) is 0. The van der Waals surface area contributed by atoms with E-state index in [0.29, 0.717) is 0 Å². The van der Waals surface area contributed by atoms with Gasteiger partial charge in [-0.2, -0.15) is 0 Å². The third-order valence-corrected chi connectivity index (χ3v) is 3.03. The van der Waals surface area contributed by atoms with Crippen molar-refractivity contribution in [1.29, 1.82) is 0 Å². The number of nitrogens with one attached hydrogen (secondary N) is 2. The molecule has 9 heteroatoms. The van der Waals surface area contributed by atoms with Crippen LogP contribution in [-0.4, -0.2) is 31.1 Å². The van der Waals surface area contributed by atoms with Gasteiger partial charge in [-0.1, -0.05) is 17.7 Å². The number of halogens is 2. The summed E-state index contributed by atoms with van der Waals surface area (Å²) < 4.78 is 13.9. The van der Waals surface area contributed by atoms with Crippen LogP contribution in [0.3, 0.4) is 0 Å². The Morgan fingerprint density at radius 1 is 1.38 bits per heavy atom. The molecule has 0 saturated carbocycles. The summed E-state index contributed by atoms with van der Waals surface area (Å²) in [6.45, 7) is 0. The first-order chi connectivity index (χ1) is 10.1. The van der Waals surface area contributed by atoms with Gasteiger partial charge in [-0.3, -0.25) is 5.32 Å². The Kier molecular flexibility index (Phi) is 3.15. The van der Waals surface area contributed by atoms with Gasteiger partial charge in [0.1, 0.15) is 23.5 Å². The number of anilines is 1. The number of aromatic amines is 1. The van der Waals surface area contributed by atoms with Crippen molar-refractivity contribution in [3.8, 4) is 11.4 Å². The fourth-order valence-corrected chi connectivity index (χ4v) is 2.12. The van der Waals surface area contributed by atoms with Gasteiger partial charge in [-0.15, -0.1) is 0 Å². The molecule has 0 unspecified atom stereocenters. The number of H-pyrrole nitrogens is 1. The van der Waals surface area contributed by atoms with Crippen molar-refractivity contribution >= 4 is 34.7 Å². The van der Waals surface area contributed by atoms with Gasteiger partial charge in [-0.05, 0) is 12.1 Å². The summed E-state index contributed by atoms with van der Waals surface area (Å²) in [4.78, 5) is 25.3. The van der Waals surface area contributed by atoms with Gasteiger partial charge < -0.3 is 10.1 Å². The molecule has 0 aliphatic heterocycles. The Balaban J connectivity index is 2.20. The van der Waals surface area contributed by atoms with Crippen LogP contribution in [0.1, 0.15) is 0 Å². The molecule has 7 nitrogen and oxygen atoms in total. The number of benzene rings is 1. The summed E-state index contributed by atoms with van der Waals surface area (Å²) >= 11 is 5.97. The van der Waals surface area contributed by atoms with Crippen molar-refractivity contribution < 1.29 is 14.3 Å². The van der Waals surface area contributed by atoms with Crippen LogP contribution in [0, 0.1) is 5.82 Å². The predicted molar refractivity (Wildman–Crippen MR) is 73.7 cm³/mol. The third-order valence-electron chi connectivity index (χ3n) is 2.71. The number of imidazole rings is 1. The van der Waals surface area contributed by atoms with Crippen molar-refractivity contribution in [2.24, 2.45) is 0 Å². The second-order valence-electron chi connectivity index (χ2n) is 4.03. The van der Waals surface area contributed by atoms with Gasteiger partial charge in [0.2, 0.25) is 0 Å². The lowest BCUT2D eigenvalue weighted by atomic mass is 10.2. The number of carbonyl (C=O) groups is 1. The van der Waals surface area contributed by atoms with E-state index in [1.165, 1.54) is 18.2 Å². The molecule has 0 aliphatic carbocycles. The third kappa shape index (κ3) is 2.36. The zero-order valence-electron chi connectivity index (χ0n) is 10.3. The smallest absolute Gasteiger partial charge is 0.410 e. The second-order valence-corrected chi connectivity index (χ2v) is 4.44. The molecule has 21 heavy (non-hydrogen) atoms. The highest BCUT2D eigenvalue weighted by Gasteiger charge is 2.17. The van der Waals surface area contributed by atoms with Crippen molar-refractivity contribution in [3.63, 3.8) is 0 Å². The zero-order chi connectivity index (χ0) is 15.0. The number of hydrogen-bond acceptors (Lipinski definition) is 4. The number of aromatic nitrogens is 4. The Morgan fingerprint density at radius 2 is 2.19 bits per heavy atom. The van der Waals surface area contributed by atoms with Gasteiger partial charge in [0.05, 0.1) is 10.6 Å². The van der Waals surface area contributed by atoms with Gasteiger partial charge in [0.15, 0.2) is 11.5 Å². The molecule has 0 saturated heterocycles. The minimum atomic E-state index is -1.28. The monoisotopic (exact) mass is 307 g/mol. The molecule has 0 bridgehead atoms. The number of rotatable bonds is 2. The first kappa shape index (κ1) is 13.3. The molecular weight excluding hydrogens is 301 g/mol. The van der Waals surface area contributed by atoms with Crippen LogP contribution in [0.4, 0.5) is 15.0 Å². The number of amides is 1. The van der Waals surface area contributed by atoms with Crippen molar-refractivity contribution in [2.75, 3.05) is 5.32 Å². The van der Waals surface area contributed by atoms with Gasteiger partial charge in [-0.25, -0.2) is 24.1 Å². The number of hydrogen-bond donors (Lipinski definition) is 3. The predicted octanol–water partition coefficient (Wildman–Crippen LogP) is 2.90. The van der Waals surface area contributed by atoms with E-state index in [0.717, 1.165) is 6.33 Å². The van der Waals surface area contributed by atoms with E-state index in [2.05, 4.69) is 25.3 Å². The first-order valence-corrected chi connectivity index (χ1v) is 6.09. The van der Waals surface area contributed by atoms with E-state index < -0.39 is 11.9 Å². The van der Waals surface area contributed by atoms with E-state index in [1.807, 2.05) is 0 Å². The molecular formula is C12H7ClFN5O2. The van der Waals surface area contributed by atoms with Crippen LogP contribution in [0.15, 0.2) is 24.5 Å². The highest BCUT2D eigenvalue weighted by molar-refractivity contribution is 6.33. The highest BCUT2D eigenvalue weighted by Crippen LogP contribution is 2.30. The highest BCUT2D eigenvalue weighted by atomic mass is 35.5. The Labute approximate surface area is 121 Å². The second kappa shape index (κ2) is 4.98. The zero-order valence-corrected chi connectivity index (χ0v) is 11.0. The summed E-state index contributed by atoms with van der Waals surface area (Å²) in [5.41, 5.74) is 0.524. The quantitative estimate of drug-likeness (QED) is 0.675. The average molecular weight is 308 g/mol.